The van der Waals surface area contributed by atoms with Gasteiger partial charge < -0.3 is 9.73 Å². The average Bonchev–Trinajstić information content (AvgIpc) is 2.35. The molecule has 0 fully saturated rings. The summed E-state index contributed by atoms with van der Waals surface area (Å²) in [6, 6.07) is 5.15. The van der Waals surface area contributed by atoms with Crippen LogP contribution in [0.15, 0.2) is 46.1 Å². The molecule has 2 rings (SSSR count). The molecule has 0 bridgehead atoms. The Labute approximate surface area is 102 Å². The van der Waals surface area contributed by atoms with E-state index in [9.17, 15) is 14.0 Å². The van der Waals surface area contributed by atoms with Crippen molar-refractivity contribution in [1.82, 2.24) is 5.32 Å². The predicted molar refractivity (Wildman–Crippen MR) is 65.0 cm³/mol. The molecule has 0 aliphatic carbocycles. The van der Waals surface area contributed by atoms with Crippen LogP contribution in [-0.2, 0) is 0 Å². The van der Waals surface area contributed by atoms with Crippen LogP contribution in [0.25, 0.3) is 11.0 Å². The summed E-state index contributed by atoms with van der Waals surface area (Å²) in [6.45, 7) is 3.70. The third-order valence-corrected chi connectivity index (χ3v) is 2.35. The number of carbonyl (C=O) groups is 1. The highest BCUT2D eigenvalue weighted by Crippen LogP contribution is 2.14. The molecule has 4 nitrogen and oxygen atoms in total. The number of nitrogens with one attached hydrogen (secondary N) is 1. The lowest BCUT2D eigenvalue weighted by Crippen LogP contribution is -2.28. The number of rotatable bonds is 3. The van der Waals surface area contributed by atoms with Gasteiger partial charge in [0, 0.05) is 18.0 Å². The SMILES string of the molecule is C=CCNC(=O)c1cc2ccc(F)cc2oc1=O. The summed E-state index contributed by atoms with van der Waals surface area (Å²) < 4.78 is 17.8. The smallest absolute Gasteiger partial charge is 0.349 e. The molecule has 1 aromatic heterocycles. The zero-order valence-corrected chi connectivity index (χ0v) is 9.40. The van der Waals surface area contributed by atoms with Gasteiger partial charge in [-0.1, -0.05) is 6.08 Å². The van der Waals surface area contributed by atoms with Crippen LogP contribution < -0.4 is 10.9 Å². The van der Waals surface area contributed by atoms with E-state index in [-0.39, 0.29) is 17.7 Å². The Balaban J connectivity index is 2.49. The van der Waals surface area contributed by atoms with Crippen LogP contribution in [0, 0.1) is 5.82 Å². The van der Waals surface area contributed by atoms with Gasteiger partial charge in [-0.15, -0.1) is 6.58 Å². The van der Waals surface area contributed by atoms with Crippen molar-refractivity contribution in [3.63, 3.8) is 0 Å². The molecule has 92 valence electrons. The van der Waals surface area contributed by atoms with Crippen molar-refractivity contribution in [1.29, 1.82) is 0 Å². The highest BCUT2D eigenvalue weighted by atomic mass is 19.1. The van der Waals surface area contributed by atoms with E-state index in [1.54, 1.807) is 0 Å². The van der Waals surface area contributed by atoms with E-state index >= 15 is 0 Å². The second-order valence-electron chi connectivity index (χ2n) is 3.63. The van der Waals surface area contributed by atoms with E-state index in [0.29, 0.717) is 5.39 Å². The van der Waals surface area contributed by atoms with Crippen LogP contribution in [0.5, 0.6) is 0 Å². The van der Waals surface area contributed by atoms with Crippen molar-refractivity contribution in [2.45, 2.75) is 0 Å². The minimum atomic E-state index is -0.797. The fourth-order valence-electron chi connectivity index (χ4n) is 1.50. The maximum atomic E-state index is 12.9. The zero-order valence-electron chi connectivity index (χ0n) is 9.40. The van der Waals surface area contributed by atoms with Gasteiger partial charge in [0.1, 0.15) is 17.0 Å². The number of hydrogen-bond acceptors (Lipinski definition) is 3. The van der Waals surface area contributed by atoms with E-state index in [1.165, 1.54) is 24.3 Å². The van der Waals surface area contributed by atoms with Gasteiger partial charge in [0.2, 0.25) is 0 Å². The first kappa shape index (κ1) is 12.0. The summed E-state index contributed by atoms with van der Waals surface area (Å²) in [5.74, 6) is -1.05. The summed E-state index contributed by atoms with van der Waals surface area (Å²) in [4.78, 5) is 23.2. The van der Waals surface area contributed by atoms with E-state index in [2.05, 4.69) is 11.9 Å². The molecule has 0 saturated heterocycles. The third-order valence-electron chi connectivity index (χ3n) is 2.35. The molecule has 1 heterocycles. The van der Waals surface area contributed by atoms with Crippen LogP contribution in [0.2, 0.25) is 0 Å². The van der Waals surface area contributed by atoms with Gasteiger partial charge in [0.25, 0.3) is 5.91 Å². The first-order valence-electron chi connectivity index (χ1n) is 5.24. The quantitative estimate of drug-likeness (QED) is 0.665. The minimum Gasteiger partial charge on any atom is -0.422 e. The Kier molecular flexibility index (Phi) is 3.23. The second kappa shape index (κ2) is 4.83. The summed E-state index contributed by atoms with van der Waals surface area (Å²) in [5.41, 5.74) is -0.800. The molecule has 1 N–H and O–H groups in total. The number of carbonyl (C=O) groups excluding carboxylic acids is 1. The zero-order chi connectivity index (χ0) is 13.1. The Bertz CT molecular complexity index is 675. The van der Waals surface area contributed by atoms with Crippen LogP contribution in [0.4, 0.5) is 4.39 Å². The van der Waals surface area contributed by atoms with Gasteiger partial charge in [-0.05, 0) is 18.2 Å². The molecule has 0 aliphatic heterocycles. The lowest BCUT2D eigenvalue weighted by atomic mass is 10.2. The standard InChI is InChI=1S/C13H10FNO3/c1-2-5-15-12(16)10-6-8-3-4-9(14)7-11(8)18-13(10)17/h2-4,6-7H,1,5H2,(H,15,16). The highest BCUT2D eigenvalue weighted by Gasteiger charge is 2.12. The minimum absolute atomic E-state index is 0.111. The van der Waals surface area contributed by atoms with Gasteiger partial charge in [-0.2, -0.15) is 0 Å². The Morgan fingerprint density at radius 3 is 2.94 bits per heavy atom. The maximum Gasteiger partial charge on any atom is 0.349 e. The summed E-state index contributed by atoms with van der Waals surface area (Å²) >= 11 is 0. The summed E-state index contributed by atoms with van der Waals surface area (Å²) in [7, 11) is 0. The number of halogens is 1. The first-order valence-corrected chi connectivity index (χ1v) is 5.24. The van der Waals surface area contributed by atoms with Gasteiger partial charge in [-0.3, -0.25) is 4.79 Å². The molecule has 1 aromatic carbocycles. The molecular formula is C13H10FNO3. The average molecular weight is 247 g/mol. The fraction of sp³-hybridized carbons (Fsp3) is 0.0769. The molecule has 0 unspecified atom stereocenters. The predicted octanol–water partition coefficient (Wildman–Crippen LogP) is 1.85. The highest BCUT2D eigenvalue weighted by molar-refractivity contribution is 5.96. The van der Waals surface area contributed by atoms with Crippen LogP contribution in [-0.4, -0.2) is 12.5 Å². The van der Waals surface area contributed by atoms with Crippen molar-refractivity contribution < 1.29 is 13.6 Å². The molecule has 0 saturated carbocycles. The fourth-order valence-corrected chi connectivity index (χ4v) is 1.50. The van der Waals surface area contributed by atoms with Crippen LogP contribution >= 0.6 is 0 Å². The summed E-state index contributed by atoms with van der Waals surface area (Å²) in [6.07, 6.45) is 1.50. The maximum absolute atomic E-state index is 12.9. The molecular weight excluding hydrogens is 237 g/mol. The van der Waals surface area contributed by atoms with Crippen molar-refractivity contribution in [3.8, 4) is 0 Å². The number of fused-ring (bicyclic) bond motifs is 1. The molecule has 5 heteroatoms. The third kappa shape index (κ3) is 2.29. The lowest BCUT2D eigenvalue weighted by molar-refractivity contribution is 0.0954. The van der Waals surface area contributed by atoms with Crippen molar-refractivity contribution in [2.24, 2.45) is 0 Å². The monoisotopic (exact) mass is 247 g/mol. The van der Waals surface area contributed by atoms with E-state index in [4.69, 9.17) is 4.42 Å². The van der Waals surface area contributed by atoms with Gasteiger partial charge in [0.05, 0.1) is 0 Å². The largest absolute Gasteiger partial charge is 0.422 e. The summed E-state index contributed by atoms with van der Waals surface area (Å²) in [5, 5.41) is 2.96. The van der Waals surface area contributed by atoms with Crippen LogP contribution in [0.3, 0.4) is 0 Å². The first-order chi connectivity index (χ1) is 8.61. The number of hydrogen-bond donors (Lipinski definition) is 1. The molecule has 2 aromatic rings. The lowest BCUT2D eigenvalue weighted by Gasteiger charge is -2.02. The topological polar surface area (TPSA) is 59.3 Å². The van der Waals surface area contributed by atoms with Gasteiger partial charge in [-0.25, -0.2) is 9.18 Å². The Morgan fingerprint density at radius 2 is 2.22 bits per heavy atom. The Morgan fingerprint density at radius 1 is 1.44 bits per heavy atom. The van der Waals surface area contributed by atoms with Gasteiger partial charge >= 0.3 is 5.63 Å². The molecule has 18 heavy (non-hydrogen) atoms. The molecule has 0 radical (unpaired) electrons. The second-order valence-corrected chi connectivity index (χ2v) is 3.63. The normalized spacial score (nSPS) is 10.3. The van der Waals surface area contributed by atoms with Gasteiger partial charge in [0.15, 0.2) is 0 Å². The molecule has 0 aliphatic rings. The Hall–Kier alpha value is -2.43. The van der Waals surface area contributed by atoms with E-state index in [0.717, 1.165) is 6.07 Å². The van der Waals surface area contributed by atoms with Crippen molar-refractivity contribution in [2.75, 3.05) is 6.54 Å². The molecule has 1 amide bonds. The molecule has 0 spiro atoms. The number of amides is 1. The van der Waals surface area contributed by atoms with E-state index < -0.39 is 17.3 Å². The van der Waals surface area contributed by atoms with Crippen molar-refractivity contribution >= 4 is 16.9 Å². The van der Waals surface area contributed by atoms with Crippen LogP contribution in [0.1, 0.15) is 10.4 Å². The van der Waals surface area contributed by atoms with Crippen molar-refractivity contribution in [3.05, 3.63) is 58.7 Å². The molecule has 0 atom stereocenters. The van der Waals surface area contributed by atoms with E-state index in [1.807, 2.05) is 0 Å². The number of benzene rings is 1.